The molecule has 0 atom stereocenters. The minimum atomic E-state index is -0.541. The quantitative estimate of drug-likeness (QED) is 0.353. The van der Waals surface area contributed by atoms with Gasteiger partial charge in [-0.25, -0.2) is 0 Å². The number of amides is 2. The molecular weight excluding hydrogens is 434 g/mol. The van der Waals surface area contributed by atoms with E-state index in [2.05, 4.69) is 10.3 Å². The van der Waals surface area contributed by atoms with Crippen LogP contribution in [0.2, 0.25) is 0 Å². The van der Waals surface area contributed by atoms with Crippen LogP contribution in [-0.4, -0.2) is 57.4 Å². The molecule has 0 spiro atoms. The van der Waals surface area contributed by atoms with Crippen molar-refractivity contribution in [3.8, 4) is 16.9 Å². The van der Waals surface area contributed by atoms with E-state index < -0.39 is 5.91 Å². The van der Waals surface area contributed by atoms with E-state index in [0.29, 0.717) is 35.6 Å². The van der Waals surface area contributed by atoms with Gasteiger partial charge in [-0.15, -0.1) is 0 Å². The molecule has 8 nitrogen and oxygen atoms in total. The SMILES string of the molecule is COCC(COC)NC(=O)c1ccc2c(c1)[nH]c1c(C(N)=O)cc(-c3cccc(OC)c3)cc12. The smallest absolute Gasteiger partial charge is 0.251 e. The fourth-order valence-electron chi connectivity index (χ4n) is 4.11. The number of fused-ring (bicyclic) bond motifs is 3. The lowest BCUT2D eigenvalue weighted by Crippen LogP contribution is -2.41. The summed E-state index contributed by atoms with van der Waals surface area (Å²) in [4.78, 5) is 28.4. The Balaban J connectivity index is 1.78. The molecule has 0 radical (unpaired) electrons. The Morgan fingerprint density at radius 3 is 2.38 bits per heavy atom. The molecule has 0 saturated carbocycles. The van der Waals surface area contributed by atoms with Gasteiger partial charge >= 0.3 is 0 Å². The molecule has 0 saturated heterocycles. The van der Waals surface area contributed by atoms with Gasteiger partial charge in [-0.05, 0) is 47.5 Å². The van der Waals surface area contributed by atoms with Crippen molar-refractivity contribution in [3.05, 3.63) is 65.7 Å². The number of hydrogen-bond acceptors (Lipinski definition) is 5. The maximum atomic E-state index is 12.8. The molecule has 0 aliphatic carbocycles. The molecule has 2 amide bonds. The van der Waals surface area contributed by atoms with Crippen molar-refractivity contribution in [2.24, 2.45) is 5.73 Å². The lowest BCUT2D eigenvalue weighted by molar-refractivity contribution is 0.0779. The predicted octanol–water partition coefficient (Wildman–Crippen LogP) is 3.49. The van der Waals surface area contributed by atoms with E-state index in [4.69, 9.17) is 19.9 Å². The van der Waals surface area contributed by atoms with Crippen LogP contribution in [0, 0.1) is 0 Å². The average molecular weight is 462 g/mol. The molecule has 0 aliphatic rings. The normalized spacial score (nSPS) is 11.3. The molecular formula is C26H27N3O5. The number of carbonyl (C=O) groups is 2. The zero-order valence-corrected chi connectivity index (χ0v) is 19.3. The number of H-pyrrole nitrogens is 1. The fraction of sp³-hybridized carbons (Fsp3) is 0.231. The van der Waals surface area contributed by atoms with Crippen LogP contribution in [0.1, 0.15) is 20.7 Å². The second-order valence-electron chi connectivity index (χ2n) is 8.01. The van der Waals surface area contributed by atoms with Crippen molar-refractivity contribution >= 4 is 33.6 Å². The molecule has 8 heteroatoms. The summed E-state index contributed by atoms with van der Waals surface area (Å²) in [6.45, 7) is 0.673. The molecule has 4 N–H and O–H groups in total. The number of carbonyl (C=O) groups excluding carboxylic acids is 2. The minimum Gasteiger partial charge on any atom is -0.497 e. The van der Waals surface area contributed by atoms with Crippen molar-refractivity contribution in [1.82, 2.24) is 10.3 Å². The zero-order chi connectivity index (χ0) is 24.2. The maximum absolute atomic E-state index is 12.8. The van der Waals surface area contributed by atoms with Crippen molar-refractivity contribution < 1.29 is 23.8 Å². The van der Waals surface area contributed by atoms with Gasteiger partial charge in [-0.3, -0.25) is 9.59 Å². The van der Waals surface area contributed by atoms with Crippen molar-refractivity contribution in [3.63, 3.8) is 0 Å². The van der Waals surface area contributed by atoms with Gasteiger partial charge in [0.2, 0.25) is 0 Å². The molecule has 1 heterocycles. The molecule has 0 unspecified atom stereocenters. The van der Waals surface area contributed by atoms with Crippen molar-refractivity contribution in [1.29, 1.82) is 0 Å². The number of nitrogens with one attached hydrogen (secondary N) is 2. The monoisotopic (exact) mass is 461 g/mol. The Labute approximate surface area is 197 Å². The van der Waals surface area contributed by atoms with E-state index in [1.54, 1.807) is 39.5 Å². The Kier molecular flexibility index (Phi) is 6.81. The van der Waals surface area contributed by atoms with Gasteiger partial charge in [0.25, 0.3) is 11.8 Å². The number of aromatic nitrogens is 1. The zero-order valence-electron chi connectivity index (χ0n) is 19.3. The summed E-state index contributed by atoms with van der Waals surface area (Å²) in [5, 5.41) is 4.64. The van der Waals surface area contributed by atoms with Crippen LogP contribution < -0.4 is 15.8 Å². The molecule has 4 aromatic rings. The summed E-state index contributed by atoms with van der Waals surface area (Å²) < 4.78 is 15.6. The molecule has 176 valence electrons. The van der Waals surface area contributed by atoms with Crippen molar-refractivity contribution in [2.75, 3.05) is 34.5 Å². The molecule has 0 fully saturated rings. The van der Waals surface area contributed by atoms with Crippen LogP contribution in [-0.2, 0) is 9.47 Å². The van der Waals surface area contributed by atoms with Crippen LogP contribution >= 0.6 is 0 Å². The molecule has 1 aromatic heterocycles. The number of primary amides is 1. The predicted molar refractivity (Wildman–Crippen MR) is 131 cm³/mol. The van der Waals surface area contributed by atoms with E-state index in [1.807, 2.05) is 36.4 Å². The standard InChI is InChI=1S/C26H27N3O5/c1-32-13-18(14-33-2)28-26(31)16-7-8-20-21-10-17(15-5-4-6-19(9-15)34-3)11-22(25(27)30)24(21)29-23(20)12-16/h4-12,18,29H,13-14H2,1-3H3,(H2,27,30)(H,28,31). The molecule has 4 rings (SSSR count). The van der Waals surface area contributed by atoms with Crippen LogP contribution in [0.3, 0.4) is 0 Å². The number of hydrogen-bond donors (Lipinski definition) is 3. The first-order chi connectivity index (χ1) is 16.4. The summed E-state index contributed by atoms with van der Waals surface area (Å²) >= 11 is 0. The van der Waals surface area contributed by atoms with Crippen LogP contribution in [0.15, 0.2) is 54.6 Å². The van der Waals surface area contributed by atoms with Gasteiger partial charge in [0.15, 0.2) is 0 Å². The van der Waals surface area contributed by atoms with E-state index in [-0.39, 0.29) is 11.9 Å². The van der Waals surface area contributed by atoms with Crippen LogP contribution in [0.25, 0.3) is 32.9 Å². The number of aromatic amines is 1. The summed E-state index contributed by atoms with van der Waals surface area (Å²) in [6, 6.07) is 16.5. The highest BCUT2D eigenvalue weighted by Crippen LogP contribution is 2.34. The minimum absolute atomic E-state index is 0.244. The van der Waals surface area contributed by atoms with Gasteiger partial charge in [0.05, 0.1) is 37.4 Å². The Hall–Kier alpha value is -3.88. The van der Waals surface area contributed by atoms with Gasteiger partial charge in [-0.2, -0.15) is 0 Å². The number of benzene rings is 3. The number of nitrogens with two attached hydrogens (primary N) is 1. The summed E-state index contributed by atoms with van der Waals surface area (Å²) in [6.07, 6.45) is 0. The molecule has 3 aromatic carbocycles. The highest BCUT2D eigenvalue weighted by molar-refractivity contribution is 6.17. The number of methoxy groups -OCH3 is 3. The van der Waals surface area contributed by atoms with E-state index in [1.165, 1.54) is 0 Å². The lowest BCUT2D eigenvalue weighted by Gasteiger charge is -2.17. The highest BCUT2D eigenvalue weighted by atomic mass is 16.5. The van der Waals surface area contributed by atoms with Crippen molar-refractivity contribution in [2.45, 2.75) is 6.04 Å². The maximum Gasteiger partial charge on any atom is 0.251 e. The fourth-order valence-corrected chi connectivity index (χ4v) is 4.11. The first kappa shape index (κ1) is 23.3. The summed E-state index contributed by atoms with van der Waals surface area (Å²) in [5.41, 5.74) is 9.66. The first-order valence-corrected chi connectivity index (χ1v) is 10.8. The summed E-state index contributed by atoms with van der Waals surface area (Å²) in [7, 11) is 4.75. The number of rotatable bonds is 9. The van der Waals surface area contributed by atoms with Gasteiger partial charge < -0.3 is 30.2 Å². The number of ether oxygens (including phenoxy) is 3. The second kappa shape index (κ2) is 9.94. The van der Waals surface area contributed by atoms with E-state index >= 15 is 0 Å². The highest BCUT2D eigenvalue weighted by Gasteiger charge is 2.18. The molecule has 0 bridgehead atoms. The summed E-state index contributed by atoms with van der Waals surface area (Å²) in [5.74, 6) is -0.0684. The Morgan fingerprint density at radius 2 is 1.71 bits per heavy atom. The van der Waals surface area contributed by atoms with E-state index in [0.717, 1.165) is 27.4 Å². The van der Waals surface area contributed by atoms with Gasteiger partial charge in [0.1, 0.15) is 5.75 Å². The lowest BCUT2D eigenvalue weighted by atomic mass is 9.98. The third-order valence-corrected chi connectivity index (χ3v) is 5.71. The van der Waals surface area contributed by atoms with Crippen LogP contribution in [0.4, 0.5) is 0 Å². The average Bonchev–Trinajstić information content (AvgIpc) is 3.21. The largest absolute Gasteiger partial charge is 0.497 e. The van der Waals surface area contributed by atoms with Gasteiger partial charge in [0, 0.05) is 36.1 Å². The third kappa shape index (κ3) is 4.59. The van der Waals surface area contributed by atoms with Crippen LogP contribution in [0.5, 0.6) is 5.75 Å². The molecule has 0 aliphatic heterocycles. The van der Waals surface area contributed by atoms with E-state index in [9.17, 15) is 9.59 Å². The first-order valence-electron chi connectivity index (χ1n) is 10.8. The van der Waals surface area contributed by atoms with Gasteiger partial charge in [-0.1, -0.05) is 18.2 Å². The Morgan fingerprint density at radius 1 is 0.941 bits per heavy atom. The topological polar surface area (TPSA) is 116 Å². The third-order valence-electron chi connectivity index (χ3n) is 5.71. The molecule has 34 heavy (non-hydrogen) atoms. The Bertz CT molecular complexity index is 1360. The second-order valence-corrected chi connectivity index (χ2v) is 8.01.